The fourth-order valence-electron chi connectivity index (χ4n) is 4.61. The third-order valence-electron chi connectivity index (χ3n) is 6.51. The van der Waals surface area contributed by atoms with Gasteiger partial charge in [-0.1, -0.05) is 0 Å². The SMILES string of the molecule is CC(=O)NCC1CN(c2ccc(N3CCN(Cc4nc5ccc([N+](=O)[O-])cc5[nH]4)CC3)c(F)c2)C(=O)O1. The lowest BCUT2D eigenvalue weighted by Crippen LogP contribution is -2.46. The highest BCUT2D eigenvalue weighted by atomic mass is 19.1. The molecule has 2 aliphatic heterocycles. The van der Waals surface area contributed by atoms with Crippen molar-refractivity contribution in [1.82, 2.24) is 20.2 Å². The molecule has 2 fully saturated rings. The van der Waals surface area contributed by atoms with E-state index in [1.165, 1.54) is 30.0 Å². The number of piperazine rings is 1. The van der Waals surface area contributed by atoms with E-state index < -0.39 is 22.9 Å². The van der Waals surface area contributed by atoms with Crippen LogP contribution in [0.2, 0.25) is 0 Å². The van der Waals surface area contributed by atoms with Gasteiger partial charge in [-0.15, -0.1) is 0 Å². The van der Waals surface area contributed by atoms with Crippen molar-refractivity contribution in [3.63, 3.8) is 0 Å². The highest BCUT2D eigenvalue weighted by Crippen LogP contribution is 2.29. The van der Waals surface area contributed by atoms with Crippen molar-refractivity contribution >= 4 is 40.1 Å². The van der Waals surface area contributed by atoms with E-state index in [0.29, 0.717) is 61.0 Å². The Hall–Kier alpha value is -4.26. The maximum atomic E-state index is 15.1. The number of cyclic esters (lactones) is 1. The average Bonchev–Trinajstić information content (AvgIpc) is 3.45. The summed E-state index contributed by atoms with van der Waals surface area (Å²) in [4.78, 5) is 47.1. The number of hydrogen-bond acceptors (Lipinski definition) is 8. The molecule has 1 aromatic heterocycles. The quantitative estimate of drug-likeness (QED) is 0.365. The number of carbonyl (C=O) groups is 2. The lowest BCUT2D eigenvalue weighted by Gasteiger charge is -2.36. The Labute approximate surface area is 211 Å². The fraction of sp³-hybridized carbons (Fsp3) is 0.375. The molecule has 2 aliphatic rings. The Kier molecular flexibility index (Phi) is 6.61. The van der Waals surface area contributed by atoms with Crippen LogP contribution < -0.4 is 15.1 Å². The molecule has 1 atom stereocenters. The summed E-state index contributed by atoms with van der Waals surface area (Å²) in [5, 5.41) is 13.6. The van der Waals surface area contributed by atoms with E-state index in [0.717, 1.165) is 0 Å². The van der Waals surface area contributed by atoms with Gasteiger partial charge in [-0.05, 0) is 24.3 Å². The second kappa shape index (κ2) is 10.0. The van der Waals surface area contributed by atoms with Gasteiger partial charge >= 0.3 is 6.09 Å². The van der Waals surface area contributed by atoms with Crippen LogP contribution in [0.3, 0.4) is 0 Å². The minimum atomic E-state index is -0.573. The number of amides is 2. The smallest absolute Gasteiger partial charge is 0.414 e. The number of aromatic amines is 1. The lowest BCUT2D eigenvalue weighted by molar-refractivity contribution is -0.384. The van der Waals surface area contributed by atoms with Crippen molar-refractivity contribution < 1.29 is 23.6 Å². The molecule has 3 heterocycles. The molecular weight excluding hydrogens is 485 g/mol. The number of ether oxygens (including phenoxy) is 1. The van der Waals surface area contributed by atoms with Gasteiger partial charge in [-0.25, -0.2) is 14.2 Å². The first-order valence-corrected chi connectivity index (χ1v) is 11.9. The largest absolute Gasteiger partial charge is 0.442 e. The van der Waals surface area contributed by atoms with Crippen molar-refractivity contribution in [2.45, 2.75) is 19.6 Å². The predicted octanol–water partition coefficient (Wildman–Crippen LogP) is 2.39. The molecule has 0 bridgehead atoms. The normalized spacial score (nSPS) is 18.3. The topological polar surface area (TPSA) is 137 Å². The maximum Gasteiger partial charge on any atom is 0.414 e. The summed E-state index contributed by atoms with van der Waals surface area (Å²) in [6.45, 7) is 4.94. The number of nitro groups is 1. The number of H-pyrrole nitrogens is 1. The summed E-state index contributed by atoms with van der Waals surface area (Å²) >= 11 is 0. The minimum absolute atomic E-state index is 0.00999. The number of anilines is 2. The van der Waals surface area contributed by atoms with Crippen LogP contribution in [0.4, 0.5) is 26.2 Å². The van der Waals surface area contributed by atoms with Crippen LogP contribution in [0.1, 0.15) is 12.7 Å². The lowest BCUT2D eigenvalue weighted by atomic mass is 10.2. The predicted molar refractivity (Wildman–Crippen MR) is 133 cm³/mol. The molecule has 0 radical (unpaired) electrons. The van der Waals surface area contributed by atoms with Gasteiger partial charge in [0.15, 0.2) is 0 Å². The Morgan fingerprint density at radius 2 is 2.03 bits per heavy atom. The molecule has 0 spiro atoms. The number of benzene rings is 2. The summed E-state index contributed by atoms with van der Waals surface area (Å²) < 4.78 is 20.3. The molecule has 0 aliphatic carbocycles. The Morgan fingerprint density at radius 3 is 2.73 bits per heavy atom. The molecule has 2 amide bonds. The number of nitrogens with zero attached hydrogens (tertiary/aromatic N) is 5. The summed E-state index contributed by atoms with van der Waals surface area (Å²) in [6.07, 6.45) is -1.06. The van der Waals surface area contributed by atoms with Crippen molar-refractivity contribution in [1.29, 1.82) is 0 Å². The number of non-ortho nitro benzene ring substituents is 1. The molecule has 1 unspecified atom stereocenters. The molecule has 13 heteroatoms. The second-order valence-electron chi connectivity index (χ2n) is 9.09. The van der Waals surface area contributed by atoms with Crippen molar-refractivity contribution in [3.05, 3.63) is 58.2 Å². The van der Waals surface area contributed by atoms with Gasteiger partial charge in [0.05, 0.1) is 47.0 Å². The second-order valence-corrected chi connectivity index (χ2v) is 9.09. The van der Waals surface area contributed by atoms with Gasteiger partial charge in [-0.3, -0.25) is 24.7 Å². The van der Waals surface area contributed by atoms with E-state index in [4.69, 9.17) is 4.74 Å². The summed E-state index contributed by atoms with van der Waals surface area (Å²) in [7, 11) is 0. The van der Waals surface area contributed by atoms with Crippen LogP contribution in [0.15, 0.2) is 36.4 Å². The van der Waals surface area contributed by atoms with Crippen LogP contribution in [0.25, 0.3) is 11.0 Å². The first-order chi connectivity index (χ1) is 17.8. The number of fused-ring (bicyclic) bond motifs is 1. The van der Waals surface area contributed by atoms with E-state index in [1.807, 2.05) is 4.90 Å². The van der Waals surface area contributed by atoms with Gasteiger partial charge in [0.25, 0.3) is 5.69 Å². The number of aromatic nitrogens is 2. The van der Waals surface area contributed by atoms with Crippen LogP contribution in [-0.2, 0) is 16.1 Å². The first-order valence-electron chi connectivity index (χ1n) is 11.9. The van der Waals surface area contributed by atoms with Crippen LogP contribution >= 0.6 is 0 Å². The maximum absolute atomic E-state index is 15.1. The number of nitro benzene ring substituents is 1. The zero-order valence-electron chi connectivity index (χ0n) is 20.1. The molecule has 194 valence electrons. The fourth-order valence-corrected chi connectivity index (χ4v) is 4.61. The van der Waals surface area contributed by atoms with Gasteiger partial charge in [0, 0.05) is 45.2 Å². The van der Waals surface area contributed by atoms with E-state index in [1.54, 1.807) is 18.2 Å². The van der Waals surface area contributed by atoms with Crippen molar-refractivity contribution in [2.75, 3.05) is 49.1 Å². The number of rotatable bonds is 7. The van der Waals surface area contributed by atoms with E-state index in [-0.39, 0.29) is 24.7 Å². The van der Waals surface area contributed by atoms with E-state index in [9.17, 15) is 19.7 Å². The average molecular weight is 512 g/mol. The molecule has 37 heavy (non-hydrogen) atoms. The molecule has 2 saturated heterocycles. The number of imidazole rings is 1. The highest BCUT2D eigenvalue weighted by Gasteiger charge is 2.33. The number of halogens is 1. The third kappa shape index (κ3) is 5.31. The molecule has 3 aromatic rings. The third-order valence-corrected chi connectivity index (χ3v) is 6.51. The zero-order chi connectivity index (χ0) is 26.1. The first kappa shape index (κ1) is 24.4. The summed E-state index contributed by atoms with van der Waals surface area (Å²) in [5.74, 6) is 0.0746. The molecule has 12 nitrogen and oxygen atoms in total. The van der Waals surface area contributed by atoms with Gasteiger partial charge in [0.2, 0.25) is 5.91 Å². The monoisotopic (exact) mass is 511 g/mol. The number of nitrogens with one attached hydrogen (secondary N) is 2. The van der Waals surface area contributed by atoms with Crippen LogP contribution in [0, 0.1) is 15.9 Å². The summed E-state index contributed by atoms with van der Waals surface area (Å²) in [5.41, 5.74) is 2.16. The Bertz CT molecular complexity index is 1350. The Balaban J connectivity index is 1.18. The van der Waals surface area contributed by atoms with Gasteiger partial charge < -0.3 is 19.9 Å². The minimum Gasteiger partial charge on any atom is -0.442 e. The zero-order valence-corrected chi connectivity index (χ0v) is 20.1. The van der Waals surface area contributed by atoms with Gasteiger partial charge in [-0.2, -0.15) is 0 Å². The number of hydrogen-bond donors (Lipinski definition) is 2. The highest BCUT2D eigenvalue weighted by molar-refractivity contribution is 5.90. The number of carbonyl (C=O) groups excluding carboxylic acids is 2. The molecular formula is C24H26FN7O5. The van der Waals surface area contributed by atoms with Crippen molar-refractivity contribution in [2.24, 2.45) is 0 Å². The van der Waals surface area contributed by atoms with Crippen LogP contribution in [-0.4, -0.2) is 77.2 Å². The molecule has 0 saturated carbocycles. The van der Waals surface area contributed by atoms with E-state index >= 15 is 4.39 Å². The molecule has 2 N–H and O–H groups in total. The Morgan fingerprint density at radius 1 is 1.24 bits per heavy atom. The van der Waals surface area contributed by atoms with Crippen molar-refractivity contribution in [3.8, 4) is 0 Å². The van der Waals surface area contributed by atoms with E-state index in [2.05, 4.69) is 20.2 Å². The molecule has 5 rings (SSSR count). The van der Waals surface area contributed by atoms with Crippen LogP contribution in [0.5, 0.6) is 0 Å². The standard InChI is InChI=1S/C24H26FN7O5/c1-15(33)26-12-18-13-31(24(34)37-18)16-3-5-22(19(25)10-16)30-8-6-29(7-9-30)14-23-27-20-4-2-17(32(35)36)11-21(20)28-23/h2-5,10-11,18H,6-9,12-14H2,1H3,(H,26,33)(H,27,28). The van der Waals surface area contributed by atoms with Gasteiger partial charge in [0.1, 0.15) is 17.7 Å². The summed E-state index contributed by atoms with van der Waals surface area (Å²) in [6, 6.07) is 9.23. The molecule has 2 aromatic carbocycles.